The summed E-state index contributed by atoms with van der Waals surface area (Å²) in [6.07, 6.45) is -1.44. The first-order chi connectivity index (χ1) is 12.6. The van der Waals surface area contributed by atoms with Crippen LogP contribution in [-0.4, -0.2) is 59.8 Å². The van der Waals surface area contributed by atoms with Gasteiger partial charge in [0.1, 0.15) is 24.6 Å². The number of rotatable bonds is 4. The van der Waals surface area contributed by atoms with E-state index in [4.69, 9.17) is 16.3 Å². The van der Waals surface area contributed by atoms with E-state index >= 15 is 0 Å². The molecule has 0 aliphatic carbocycles. The van der Waals surface area contributed by atoms with Crippen LogP contribution in [0.4, 0.5) is 11.5 Å². The van der Waals surface area contributed by atoms with Crippen molar-refractivity contribution in [1.29, 1.82) is 0 Å². The molecule has 3 aromatic rings. The van der Waals surface area contributed by atoms with Crippen LogP contribution in [0.5, 0.6) is 0 Å². The van der Waals surface area contributed by atoms with Crippen molar-refractivity contribution < 1.29 is 20.1 Å². The van der Waals surface area contributed by atoms with Crippen LogP contribution in [-0.2, 0) is 4.74 Å². The molecule has 0 radical (unpaired) electrons. The van der Waals surface area contributed by atoms with E-state index in [9.17, 15) is 15.3 Å². The van der Waals surface area contributed by atoms with Crippen molar-refractivity contribution in [3.63, 3.8) is 0 Å². The number of hydrogen-bond donors (Lipinski definition) is 4. The number of nitrogens with one attached hydrogen (secondary N) is 1. The van der Waals surface area contributed by atoms with Gasteiger partial charge >= 0.3 is 0 Å². The molecule has 1 aliphatic rings. The molecule has 1 aromatic carbocycles. The highest BCUT2D eigenvalue weighted by Crippen LogP contribution is 2.33. The van der Waals surface area contributed by atoms with Gasteiger partial charge in [-0.15, -0.1) is 0 Å². The van der Waals surface area contributed by atoms with Crippen molar-refractivity contribution in [2.24, 2.45) is 0 Å². The summed E-state index contributed by atoms with van der Waals surface area (Å²) in [5.41, 5.74) is 1.52. The number of aliphatic hydroxyl groups is 3. The molecule has 0 bridgehead atoms. The lowest BCUT2D eigenvalue weighted by atomic mass is 10.1. The number of fused-ring (bicyclic) bond motifs is 1. The summed E-state index contributed by atoms with van der Waals surface area (Å²) in [7, 11) is 0. The first kappa shape index (κ1) is 17.1. The minimum Gasteiger partial charge on any atom is -0.394 e. The van der Waals surface area contributed by atoms with Crippen LogP contribution in [0.1, 0.15) is 6.23 Å². The van der Waals surface area contributed by atoms with Gasteiger partial charge in [0.2, 0.25) is 0 Å². The second kappa shape index (κ2) is 6.78. The first-order valence-corrected chi connectivity index (χ1v) is 8.29. The molecular formula is C16H16ClN5O4. The highest BCUT2D eigenvalue weighted by Gasteiger charge is 2.44. The molecule has 0 amide bonds. The zero-order valence-electron chi connectivity index (χ0n) is 13.4. The third kappa shape index (κ3) is 2.79. The van der Waals surface area contributed by atoms with E-state index in [1.54, 1.807) is 12.1 Å². The van der Waals surface area contributed by atoms with Crippen molar-refractivity contribution in [3.05, 3.63) is 41.9 Å². The Morgan fingerprint density at radius 2 is 1.96 bits per heavy atom. The minimum absolute atomic E-state index is 0.407. The summed E-state index contributed by atoms with van der Waals surface area (Å²) in [4.78, 5) is 12.7. The third-order valence-electron chi connectivity index (χ3n) is 4.28. The molecule has 1 aliphatic heterocycles. The summed E-state index contributed by atoms with van der Waals surface area (Å²) < 4.78 is 7.03. The third-order valence-corrected chi connectivity index (χ3v) is 4.61. The van der Waals surface area contributed by atoms with E-state index in [0.717, 1.165) is 0 Å². The molecule has 4 N–H and O–H groups in total. The number of ether oxygens (including phenoxy) is 1. The Morgan fingerprint density at radius 1 is 1.15 bits per heavy atom. The molecule has 1 fully saturated rings. The van der Waals surface area contributed by atoms with Crippen LogP contribution in [0.3, 0.4) is 0 Å². The average Bonchev–Trinajstić information content (AvgIpc) is 3.19. The summed E-state index contributed by atoms with van der Waals surface area (Å²) >= 11 is 6.17. The number of halogens is 1. The van der Waals surface area contributed by atoms with Gasteiger partial charge in [0, 0.05) is 0 Å². The van der Waals surface area contributed by atoms with Crippen LogP contribution in [0.2, 0.25) is 5.02 Å². The van der Waals surface area contributed by atoms with Crippen molar-refractivity contribution in [2.75, 3.05) is 11.9 Å². The van der Waals surface area contributed by atoms with Gasteiger partial charge in [-0.2, -0.15) is 0 Å². The fourth-order valence-electron chi connectivity index (χ4n) is 2.93. The van der Waals surface area contributed by atoms with E-state index < -0.39 is 31.1 Å². The Bertz CT molecular complexity index is 936. The molecule has 9 nitrogen and oxygen atoms in total. The SMILES string of the molecule is OC[C@H]1OC(n2cnc3c(Nc4ccccc4Cl)ncnc32)[C@H](O)[C@@H]1O. The fourth-order valence-corrected chi connectivity index (χ4v) is 3.11. The van der Waals surface area contributed by atoms with Crippen LogP contribution in [0, 0.1) is 0 Å². The zero-order chi connectivity index (χ0) is 18.3. The maximum Gasteiger partial charge on any atom is 0.167 e. The normalized spacial score (nSPS) is 25.7. The second-order valence-electron chi connectivity index (χ2n) is 5.88. The highest BCUT2D eigenvalue weighted by atomic mass is 35.5. The topological polar surface area (TPSA) is 126 Å². The number of nitrogens with zero attached hydrogens (tertiary/aromatic N) is 4. The molecule has 1 saturated heterocycles. The number of hydrogen-bond acceptors (Lipinski definition) is 8. The Hall–Kier alpha value is -2.30. The number of benzene rings is 1. The molecule has 136 valence electrons. The fraction of sp³-hybridized carbons (Fsp3) is 0.312. The quantitative estimate of drug-likeness (QED) is 0.527. The number of anilines is 2. The summed E-state index contributed by atoms with van der Waals surface area (Å²) in [5.74, 6) is 0.439. The number of aliphatic hydroxyl groups excluding tert-OH is 3. The largest absolute Gasteiger partial charge is 0.394 e. The molecule has 1 unspecified atom stereocenters. The maximum atomic E-state index is 10.2. The molecule has 0 spiro atoms. The van der Waals surface area contributed by atoms with E-state index in [0.29, 0.717) is 27.7 Å². The predicted molar refractivity (Wildman–Crippen MR) is 93.1 cm³/mol. The molecule has 4 atom stereocenters. The van der Waals surface area contributed by atoms with E-state index in [2.05, 4.69) is 20.3 Å². The lowest BCUT2D eigenvalue weighted by Gasteiger charge is -2.16. The van der Waals surface area contributed by atoms with E-state index in [1.807, 2.05) is 12.1 Å². The summed E-state index contributed by atoms with van der Waals surface area (Å²) in [6, 6.07) is 7.21. The van der Waals surface area contributed by atoms with Crippen LogP contribution in [0.15, 0.2) is 36.9 Å². The molecule has 0 saturated carbocycles. The van der Waals surface area contributed by atoms with Crippen molar-refractivity contribution >= 4 is 34.3 Å². The standard InChI is InChI=1S/C16H16ClN5O4/c17-8-3-1-2-4-9(8)21-14-11-15(19-6-18-14)22(7-20-11)16-13(25)12(24)10(5-23)26-16/h1-4,6-7,10,12-13,16,23-25H,5H2,(H,18,19,21)/t10-,12-,13-,16?/m1/s1. The minimum atomic E-state index is -1.22. The van der Waals surface area contributed by atoms with Crippen molar-refractivity contribution in [3.8, 4) is 0 Å². The van der Waals surface area contributed by atoms with Crippen LogP contribution >= 0.6 is 11.6 Å². The number of para-hydroxylation sites is 1. The van der Waals surface area contributed by atoms with E-state index in [1.165, 1.54) is 17.2 Å². The van der Waals surface area contributed by atoms with Gasteiger partial charge < -0.3 is 25.4 Å². The predicted octanol–water partition coefficient (Wildman–Crippen LogP) is 0.835. The van der Waals surface area contributed by atoms with Crippen LogP contribution < -0.4 is 5.32 Å². The number of imidazole rings is 1. The second-order valence-corrected chi connectivity index (χ2v) is 6.29. The van der Waals surface area contributed by atoms with Gasteiger partial charge in [0.15, 0.2) is 23.2 Å². The summed E-state index contributed by atoms with van der Waals surface area (Å²) in [5, 5.41) is 33.1. The van der Waals surface area contributed by atoms with Gasteiger partial charge in [-0.3, -0.25) is 4.57 Å². The van der Waals surface area contributed by atoms with Gasteiger partial charge in [-0.05, 0) is 12.1 Å². The monoisotopic (exact) mass is 377 g/mol. The smallest absolute Gasteiger partial charge is 0.167 e. The molecule has 26 heavy (non-hydrogen) atoms. The van der Waals surface area contributed by atoms with Crippen molar-refractivity contribution in [2.45, 2.75) is 24.5 Å². The Kier molecular flexibility index (Phi) is 4.47. The highest BCUT2D eigenvalue weighted by molar-refractivity contribution is 6.33. The van der Waals surface area contributed by atoms with Gasteiger partial charge in [0.05, 0.1) is 23.6 Å². The maximum absolute atomic E-state index is 10.2. The Morgan fingerprint density at radius 3 is 2.69 bits per heavy atom. The van der Waals surface area contributed by atoms with Gasteiger partial charge in [0.25, 0.3) is 0 Å². The van der Waals surface area contributed by atoms with Gasteiger partial charge in [-0.25, -0.2) is 15.0 Å². The molecule has 3 heterocycles. The zero-order valence-corrected chi connectivity index (χ0v) is 14.2. The Balaban J connectivity index is 1.71. The van der Waals surface area contributed by atoms with E-state index in [-0.39, 0.29) is 0 Å². The Labute approximate surface area is 152 Å². The molecule has 4 rings (SSSR count). The molecular weight excluding hydrogens is 362 g/mol. The molecule has 2 aromatic heterocycles. The first-order valence-electron chi connectivity index (χ1n) is 7.91. The molecule has 10 heteroatoms. The number of aromatic nitrogens is 4. The van der Waals surface area contributed by atoms with Crippen LogP contribution in [0.25, 0.3) is 11.2 Å². The summed E-state index contributed by atoms with van der Waals surface area (Å²) in [6.45, 7) is -0.407. The lowest BCUT2D eigenvalue weighted by Crippen LogP contribution is -2.33. The van der Waals surface area contributed by atoms with Crippen molar-refractivity contribution in [1.82, 2.24) is 19.5 Å². The van der Waals surface area contributed by atoms with Gasteiger partial charge in [-0.1, -0.05) is 23.7 Å². The average molecular weight is 378 g/mol. The lowest BCUT2D eigenvalue weighted by molar-refractivity contribution is -0.0511.